The van der Waals surface area contributed by atoms with Crippen molar-refractivity contribution in [3.05, 3.63) is 35.4 Å². The lowest BCUT2D eigenvalue weighted by atomic mass is 10.1. The normalized spacial score (nSPS) is 15.8. The van der Waals surface area contributed by atoms with Gasteiger partial charge in [-0.2, -0.15) is 0 Å². The maximum absolute atomic E-state index is 12.0. The predicted octanol–water partition coefficient (Wildman–Crippen LogP) is 1.41. The molecule has 6 heteroatoms. The number of hydrogen-bond donors (Lipinski definition) is 0. The van der Waals surface area contributed by atoms with Crippen LogP contribution in [0.3, 0.4) is 0 Å². The van der Waals surface area contributed by atoms with Crippen LogP contribution in [-0.4, -0.2) is 34.8 Å². The van der Waals surface area contributed by atoms with E-state index in [0.717, 1.165) is 4.90 Å². The number of imide groups is 1. The highest BCUT2D eigenvalue weighted by Gasteiger charge is 2.42. The molecule has 0 radical (unpaired) electrons. The van der Waals surface area contributed by atoms with Gasteiger partial charge in [-0.1, -0.05) is 12.1 Å². The van der Waals surface area contributed by atoms with Crippen LogP contribution >= 0.6 is 11.6 Å². The van der Waals surface area contributed by atoms with Crippen molar-refractivity contribution in [1.29, 1.82) is 0 Å². The van der Waals surface area contributed by atoms with E-state index in [2.05, 4.69) is 0 Å². The van der Waals surface area contributed by atoms with Crippen LogP contribution < -0.4 is 0 Å². The molecular weight excluding hydrogens is 258 g/mol. The van der Waals surface area contributed by atoms with Gasteiger partial charge in [-0.25, -0.2) is 4.90 Å². The molecule has 0 aromatic heterocycles. The van der Waals surface area contributed by atoms with Gasteiger partial charge in [0.15, 0.2) is 0 Å². The van der Waals surface area contributed by atoms with Crippen LogP contribution in [0.4, 0.5) is 0 Å². The zero-order valence-electron chi connectivity index (χ0n) is 9.55. The SMILES string of the molecule is CCOC(C(=O)Cl)N1C(=O)c2ccccc2C1=O. The molecule has 5 nitrogen and oxygen atoms in total. The summed E-state index contributed by atoms with van der Waals surface area (Å²) in [6, 6.07) is 6.34. The molecule has 0 aliphatic carbocycles. The predicted molar refractivity (Wildman–Crippen MR) is 63.2 cm³/mol. The molecule has 0 saturated heterocycles. The Morgan fingerprint density at radius 2 is 1.78 bits per heavy atom. The third-order valence-electron chi connectivity index (χ3n) is 2.58. The molecule has 1 aliphatic rings. The van der Waals surface area contributed by atoms with Crippen molar-refractivity contribution in [3.63, 3.8) is 0 Å². The van der Waals surface area contributed by atoms with E-state index in [1.807, 2.05) is 0 Å². The van der Waals surface area contributed by atoms with Crippen molar-refractivity contribution in [3.8, 4) is 0 Å². The standard InChI is InChI=1S/C12H10ClNO4/c1-2-18-12(9(13)15)14-10(16)7-5-3-4-6-8(7)11(14)17/h3-6,12H,2H2,1H3. The Balaban J connectivity index is 2.41. The van der Waals surface area contributed by atoms with E-state index < -0.39 is 23.3 Å². The van der Waals surface area contributed by atoms with E-state index in [1.54, 1.807) is 19.1 Å². The van der Waals surface area contributed by atoms with E-state index in [4.69, 9.17) is 16.3 Å². The molecule has 0 fully saturated rings. The monoisotopic (exact) mass is 267 g/mol. The molecule has 1 aliphatic heterocycles. The van der Waals surface area contributed by atoms with Crippen molar-refractivity contribution in [2.45, 2.75) is 13.2 Å². The average molecular weight is 268 g/mol. The Morgan fingerprint density at radius 1 is 1.28 bits per heavy atom. The van der Waals surface area contributed by atoms with Crippen LogP contribution in [0, 0.1) is 0 Å². The number of carbonyl (C=O) groups is 3. The molecule has 2 amide bonds. The van der Waals surface area contributed by atoms with E-state index in [-0.39, 0.29) is 17.7 Å². The second-order valence-electron chi connectivity index (χ2n) is 3.64. The summed E-state index contributed by atoms with van der Waals surface area (Å²) in [5.41, 5.74) is 0.509. The quantitative estimate of drug-likeness (QED) is 0.611. The summed E-state index contributed by atoms with van der Waals surface area (Å²) >= 11 is 5.37. The minimum Gasteiger partial charge on any atom is -0.350 e. The second kappa shape index (κ2) is 4.88. The van der Waals surface area contributed by atoms with Gasteiger partial charge < -0.3 is 4.74 Å². The first-order valence-electron chi connectivity index (χ1n) is 5.35. The summed E-state index contributed by atoms with van der Waals surface area (Å²) in [5, 5.41) is -0.897. The first-order chi connectivity index (χ1) is 8.57. The molecule has 1 heterocycles. The summed E-state index contributed by atoms with van der Waals surface area (Å²) in [5.74, 6) is -1.13. The van der Waals surface area contributed by atoms with E-state index >= 15 is 0 Å². The molecule has 1 unspecified atom stereocenters. The Hall–Kier alpha value is -1.72. The topological polar surface area (TPSA) is 63.7 Å². The van der Waals surface area contributed by atoms with Crippen molar-refractivity contribution in [1.82, 2.24) is 4.90 Å². The van der Waals surface area contributed by atoms with E-state index in [9.17, 15) is 14.4 Å². The summed E-state index contributed by atoms with van der Waals surface area (Å²) < 4.78 is 5.06. The average Bonchev–Trinajstić information content (AvgIpc) is 2.60. The molecule has 0 bridgehead atoms. The van der Waals surface area contributed by atoms with Gasteiger partial charge in [0.05, 0.1) is 11.1 Å². The lowest BCUT2D eigenvalue weighted by Gasteiger charge is -2.22. The van der Waals surface area contributed by atoms with Crippen LogP contribution in [0.1, 0.15) is 27.6 Å². The summed E-state index contributed by atoms with van der Waals surface area (Å²) in [6.45, 7) is 1.81. The molecule has 94 valence electrons. The zero-order chi connectivity index (χ0) is 13.3. The highest BCUT2D eigenvalue weighted by Crippen LogP contribution is 2.25. The third kappa shape index (κ3) is 1.91. The minimum absolute atomic E-state index is 0.163. The van der Waals surface area contributed by atoms with Crippen molar-refractivity contribution in [2.75, 3.05) is 6.61 Å². The Kier molecular flexibility index (Phi) is 3.45. The smallest absolute Gasteiger partial charge is 0.271 e. The third-order valence-corrected chi connectivity index (χ3v) is 2.77. The minimum atomic E-state index is -1.37. The number of amides is 2. The lowest BCUT2D eigenvalue weighted by molar-refractivity contribution is -0.129. The number of hydrogen-bond acceptors (Lipinski definition) is 4. The fraction of sp³-hybridized carbons (Fsp3) is 0.250. The van der Waals surface area contributed by atoms with Gasteiger partial charge in [-0.15, -0.1) is 0 Å². The van der Waals surface area contributed by atoms with Gasteiger partial charge in [0.2, 0.25) is 6.23 Å². The number of halogens is 1. The Bertz CT molecular complexity index is 494. The van der Waals surface area contributed by atoms with Crippen LogP contribution in [0.5, 0.6) is 0 Å². The van der Waals surface area contributed by atoms with Gasteiger partial charge in [0, 0.05) is 6.61 Å². The highest BCUT2D eigenvalue weighted by molar-refractivity contribution is 6.64. The molecular formula is C12H10ClNO4. The zero-order valence-corrected chi connectivity index (χ0v) is 10.3. The van der Waals surface area contributed by atoms with Crippen molar-refractivity contribution >= 4 is 28.7 Å². The van der Waals surface area contributed by atoms with E-state index in [1.165, 1.54) is 12.1 Å². The number of nitrogens with zero attached hydrogens (tertiary/aromatic N) is 1. The van der Waals surface area contributed by atoms with Gasteiger partial charge in [0.25, 0.3) is 17.1 Å². The van der Waals surface area contributed by atoms with Gasteiger partial charge in [-0.3, -0.25) is 14.4 Å². The van der Waals surface area contributed by atoms with Crippen LogP contribution in [0.2, 0.25) is 0 Å². The summed E-state index contributed by atoms with van der Waals surface area (Å²) in [4.78, 5) is 36.1. The number of rotatable bonds is 4. The number of fused-ring (bicyclic) bond motifs is 1. The fourth-order valence-electron chi connectivity index (χ4n) is 1.82. The van der Waals surface area contributed by atoms with Gasteiger partial charge >= 0.3 is 0 Å². The largest absolute Gasteiger partial charge is 0.350 e. The number of carbonyl (C=O) groups excluding carboxylic acids is 3. The summed E-state index contributed by atoms with van der Waals surface area (Å²) in [7, 11) is 0. The van der Waals surface area contributed by atoms with E-state index in [0.29, 0.717) is 0 Å². The van der Waals surface area contributed by atoms with Crippen LogP contribution in [0.25, 0.3) is 0 Å². The van der Waals surface area contributed by atoms with Gasteiger partial charge in [-0.05, 0) is 30.7 Å². The molecule has 1 atom stereocenters. The first kappa shape index (κ1) is 12.7. The Morgan fingerprint density at radius 3 is 2.17 bits per heavy atom. The van der Waals surface area contributed by atoms with Crippen molar-refractivity contribution in [2.24, 2.45) is 0 Å². The number of ether oxygens (including phenoxy) is 1. The molecule has 2 rings (SSSR count). The maximum atomic E-state index is 12.0. The molecule has 0 N–H and O–H groups in total. The maximum Gasteiger partial charge on any atom is 0.271 e. The highest BCUT2D eigenvalue weighted by atomic mass is 35.5. The molecule has 18 heavy (non-hydrogen) atoms. The molecule has 0 spiro atoms. The van der Waals surface area contributed by atoms with Crippen molar-refractivity contribution < 1.29 is 19.1 Å². The molecule has 0 saturated carbocycles. The summed E-state index contributed by atoms with van der Waals surface area (Å²) in [6.07, 6.45) is -1.37. The number of benzene rings is 1. The second-order valence-corrected chi connectivity index (χ2v) is 4.01. The molecule has 1 aromatic rings. The Labute approximate surface area is 108 Å². The van der Waals surface area contributed by atoms with Gasteiger partial charge in [0.1, 0.15) is 0 Å². The fourth-order valence-corrected chi connectivity index (χ4v) is 1.98. The van der Waals surface area contributed by atoms with Crippen LogP contribution in [-0.2, 0) is 9.53 Å². The molecule has 1 aromatic carbocycles. The lowest BCUT2D eigenvalue weighted by Crippen LogP contribution is -2.45. The first-order valence-corrected chi connectivity index (χ1v) is 5.73. The van der Waals surface area contributed by atoms with Crippen LogP contribution in [0.15, 0.2) is 24.3 Å².